The van der Waals surface area contributed by atoms with E-state index in [0.717, 1.165) is 22.3 Å². The number of hydrogen-bond donors (Lipinski definition) is 1. The Labute approximate surface area is 153 Å². The average molecular weight is 352 g/mol. The van der Waals surface area contributed by atoms with Crippen molar-refractivity contribution in [3.8, 4) is 11.4 Å². The Balaban J connectivity index is 1.80. The molecule has 3 aromatic rings. The van der Waals surface area contributed by atoms with E-state index in [9.17, 15) is 0 Å². The van der Waals surface area contributed by atoms with Gasteiger partial charge in [-0.3, -0.25) is 0 Å². The van der Waals surface area contributed by atoms with Crippen LogP contribution in [0.4, 0.5) is 5.82 Å². The van der Waals surface area contributed by atoms with Crippen molar-refractivity contribution < 1.29 is 0 Å². The Bertz CT molecular complexity index is 893. The van der Waals surface area contributed by atoms with Crippen LogP contribution in [-0.4, -0.2) is 16.0 Å². The third-order valence-corrected chi connectivity index (χ3v) is 5.48. The van der Waals surface area contributed by atoms with E-state index in [1.165, 1.54) is 25.7 Å². The summed E-state index contributed by atoms with van der Waals surface area (Å²) in [4.78, 5) is 9.60. The minimum atomic E-state index is 0.464. The predicted molar refractivity (Wildman–Crippen MR) is 105 cm³/mol. The van der Waals surface area contributed by atoms with Crippen LogP contribution in [0.2, 0.25) is 5.02 Å². The average Bonchev–Trinajstić information content (AvgIpc) is 2.64. The number of halogens is 1. The fourth-order valence-electron chi connectivity index (χ4n) is 3.66. The van der Waals surface area contributed by atoms with Crippen LogP contribution in [0.3, 0.4) is 0 Å². The van der Waals surface area contributed by atoms with Crippen LogP contribution in [0.15, 0.2) is 48.5 Å². The summed E-state index contributed by atoms with van der Waals surface area (Å²) in [5.74, 6) is 2.25. The molecule has 25 heavy (non-hydrogen) atoms. The quantitative estimate of drug-likeness (QED) is 0.634. The zero-order valence-corrected chi connectivity index (χ0v) is 15.1. The monoisotopic (exact) mass is 351 g/mol. The molecule has 0 saturated heterocycles. The second-order valence-electron chi connectivity index (χ2n) is 6.91. The molecule has 2 atom stereocenters. The van der Waals surface area contributed by atoms with Crippen LogP contribution in [0.25, 0.3) is 22.3 Å². The van der Waals surface area contributed by atoms with Crippen molar-refractivity contribution in [2.75, 3.05) is 5.32 Å². The highest BCUT2D eigenvalue weighted by Crippen LogP contribution is 2.32. The summed E-state index contributed by atoms with van der Waals surface area (Å²) in [6, 6.07) is 16.4. The normalized spacial score (nSPS) is 20.6. The van der Waals surface area contributed by atoms with Crippen LogP contribution in [-0.2, 0) is 0 Å². The highest BCUT2D eigenvalue weighted by Gasteiger charge is 2.22. The van der Waals surface area contributed by atoms with E-state index in [2.05, 4.69) is 18.3 Å². The highest BCUT2D eigenvalue weighted by atomic mass is 35.5. The fraction of sp³-hybridized carbons (Fsp3) is 0.333. The summed E-state index contributed by atoms with van der Waals surface area (Å²) in [6.45, 7) is 2.33. The van der Waals surface area contributed by atoms with Gasteiger partial charge in [-0.2, -0.15) is 0 Å². The number of para-hydroxylation sites is 1. The third kappa shape index (κ3) is 3.34. The molecule has 2 aromatic carbocycles. The smallest absolute Gasteiger partial charge is 0.163 e. The minimum Gasteiger partial charge on any atom is -0.366 e. The van der Waals surface area contributed by atoms with Gasteiger partial charge in [-0.25, -0.2) is 9.97 Å². The second kappa shape index (κ2) is 7.01. The van der Waals surface area contributed by atoms with E-state index in [0.29, 0.717) is 22.8 Å². The first-order valence-corrected chi connectivity index (χ1v) is 9.38. The Morgan fingerprint density at radius 3 is 2.56 bits per heavy atom. The van der Waals surface area contributed by atoms with Gasteiger partial charge >= 0.3 is 0 Å². The first-order valence-electron chi connectivity index (χ1n) is 9.00. The molecule has 0 bridgehead atoms. The summed E-state index contributed by atoms with van der Waals surface area (Å²) in [6.07, 6.45) is 5.08. The summed E-state index contributed by atoms with van der Waals surface area (Å²) in [7, 11) is 0. The number of benzene rings is 2. The fourth-order valence-corrected chi connectivity index (χ4v) is 3.88. The lowest BCUT2D eigenvalue weighted by Crippen LogP contribution is -2.30. The Hall–Kier alpha value is -2.13. The largest absolute Gasteiger partial charge is 0.366 e. The number of anilines is 1. The van der Waals surface area contributed by atoms with E-state index in [4.69, 9.17) is 21.6 Å². The molecule has 4 heteroatoms. The maximum atomic E-state index is 6.38. The first kappa shape index (κ1) is 16.3. The molecule has 0 aliphatic heterocycles. The van der Waals surface area contributed by atoms with Gasteiger partial charge in [-0.1, -0.05) is 55.6 Å². The number of nitrogens with one attached hydrogen (secondary N) is 1. The molecule has 0 spiro atoms. The van der Waals surface area contributed by atoms with Crippen LogP contribution < -0.4 is 5.32 Å². The van der Waals surface area contributed by atoms with Crippen LogP contribution in [0.1, 0.15) is 32.6 Å². The van der Waals surface area contributed by atoms with Crippen LogP contribution in [0.5, 0.6) is 0 Å². The van der Waals surface area contributed by atoms with Gasteiger partial charge < -0.3 is 5.32 Å². The maximum Gasteiger partial charge on any atom is 0.163 e. The zero-order chi connectivity index (χ0) is 17.2. The number of rotatable bonds is 3. The van der Waals surface area contributed by atoms with Gasteiger partial charge in [0.05, 0.1) is 10.5 Å². The molecule has 1 aromatic heterocycles. The van der Waals surface area contributed by atoms with E-state index in [1.54, 1.807) is 0 Å². The predicted octanol–water partition coefficient (Wildman–Crippen LogP) is 5.94. The lowest BCUT2D eigenvalue weighted by molar-refractivity contribution is 0.349. The topological polar surface area (TPSA) is 37.8 Å². The molecule has 0 amide bonds. The van der Waals surface area contributed by atoms with Crippen molar-refractivity contribution in [1.29, 1.82) is 0 Å². The van der Waals surface area contributed by atoms with Gasteiger partial charge in [0.15, 0.2) is 5.82 Å². The van der Waals surface area contributed by atoms with Crippen LogP contribution >= 0.6 is 11.6 Å². The Kier molecular flexibility index (Phi) is 4.58. The van der Waals surface area contributed by atoms with Crippen molar-refractivity contribution in [2.45, 2.75) is 38.6 Å². The lowest BCUT2D eigenvalue weighted by Gasteiger charge is -2.30. The standard InChI is InChI=1S/C21H22ClN3/c1-14-8-2-6-12-18(14)23-21-16-10-4-7-13-19(16)24-20(25-21)15-9-3-5-11-17(15)22/h3-5,7,9-11,13-14,18H,2,6,8,12H2,1H3,(H,23,24,25). The van der Waals surface area contributed by atoms with Crippen molar-refractivity contribution in [3.63, 3.8) is 0 Å². The van der Waals surface area contributed by atoms with Gasteiger partial charge in [0.25, 0.3) is 0 Å². The van der Waals surface area contributed by atoms with Crippen molar-refractivity contribution >= 4 is 28.3 Å². The van der Waals surface area contributed by atoms with Crippen molar-refractivity contribution in [2.24, 2.45) is 5.92 Å². The maximum absolute atomic E-state index is 6.38. The number of nitrogens with zero attached hydrogens (tertiary/aromatic N) is 2. The second-order valence-corrected chi connectivity index (χ2v) is 7.31. The number of aromatic nitrogens is 2. The van der Waals surface area contributed by atoms with E-state index in [1.807, 2.05) is 42.5 Å². The van der Waals surface area contributed by atoms with Gasteiger partial charge in [0.2, 0.25) is 0 Å². The van der Waals surface area contributed by atoms with Crippen molar-refractivity contribution in [3.05, 3.63) is 53.6 Å². The van der Waals surface area contributed by atoms with Gasteiger partial charge in [0.1, 0.15) is 5.82 Å². The van der Waals surface area contributed by atoms with E-state index < -0.39 is 0 Å². The Morgan fingerprint density at radius 2 is 1.72 bits per heavy atom. The van der Waals surface area contributed by atoms with Gasteiger partial charge in [0, 0.05) is 17.0 Å². The molecule has 1 saturated carbocycles. The minimum absolute atomic E-state index is 0.464. The number of fused-ring (bicyclic) bond motifs is 1. The molecule has 2 unspecified atom stereocenters. The molecule has 0 radical (unpaired) electrons. The summed E-state index contributed by atoms with van der Waals surface area (Å²) in [5.41, 5.74) is 1.81. The molecule has 1 fully saturated rings. The molecular formula is C21H22ClN3. The molecule has 128 valence electrons. The lowest BCUT2D eigenvalue weighted by atomic mass is 9.86. The molecule has 1 aliphatic rings. The molecule has 1 heterocycles. The SMILES string of the molecule is CC1CCCCC1Nc1nc(-c2ccccc2Cl)nc2ccccc12. The number of hydrogen-bond acceptors (Lipinski definition) is 3. The third-order valence-electron chi connectivity index (χ3n) is 5.15. The van der Waals surface area contributed by atoms with E-state index >= 15 is 0 Å². The van der Waals surface area contributed by atoms with Gasteiger partial charge in [-0.05, 0) is 43.0 Å². The summed E-state index contributed by atoms with van der Waals surface area (Å²) >= 11 is 6.38. The molecule has 4 rings (SSSR count). The van der Waals surface area contributed by atoms with Gasteiger partial charge in [-0.15, -0.1) is 0 Å². The summed E-state index contributed by atoms with van der Waals surface area (Å²) < 4.78 is 0. The first-order chi connectivity index (χ1) is 12.2. The Morgan fingerprint density at radius 1 is 0.960 bits per heavy atom. The van der Waals surface area contributed by atoms with Crippen molar-refractivity contribution in [1.82, 2.24) is 9.97 Å². The molecular weight excluding hydrogens is 330 g/mol. The molecule has 1 N–H and O–H groups in total. The van der Waals surface area contributed by atoms with E-state index in [-0.39, 0.29) is 0 Å². The molecule has 3 nitrogen and oxygen atoms in total. The van der Waals surface area contributed by atoms with Crippen LogP contribution in [0, 0.1) is 5.92 Å². The molecule has 1 aliphatic carbocycles. The summed E-state index contributed by atoms with van der Waals surface area (Å²) in [5, 5.41) is 5.45. The highest BCUT2D eigenvalue weighted by molar-refractivity contribution is 6.33. The zero-order valence-electron chi connectivity index (χ0n) is 14.4.